The summed E-state index contributed by atoms with van der Waals surface area (Å²) in [4.78, 5) is 2.32. The molecule has 1 N–H and O–H groups in total. The lowest BCUT2D eigenvalue weighted by molar-refractivity contribution is 0.577. The summed E-state index contributed by atoms with van der Waals surface area (Å²) in [6, 6.07) is 8.40. The number of rotatable bonds is 8. The standard InChI is InChI=1S/C14H21ClN2O2S/c15-8-3-12-20(18,19)16-9-4-10-17-11-7-13-5-1-2-6-14(13)17/h1-2,5-6,16H,3-4,7-12H2. The second-order valence-corrected chi connectivity index (χ2v) is 7.28. The van der Waals surface area contributed by atoms with Gasteiger partial charge in [-0.25, -0.2) is 13.1 Å². The van der Waals surface area contributed by atoms with Gasteiger partial charge in [-0.15, -0.1) is 11.6 Å². The number of para-hydroxylation sites is 1. The average molecular weight is 317 g/mol. The molecule has 1 aromatic rings. The van der Waals surface area contributed by atoms with Crippen molar-refractivity contribution in [3.63, 3.8) is 0 Å². The van der Waals surface area contributed by atoms with Crippen molar-refractivity contribution in [1.82, 2.24) is 4.72 Å². The number of nitrogens with one attached hydrogen (secondary N) is 1. The number of halogens is 1. The molecule has 0 atom stereocenters. The molecular formula is C14H21ClN2O2S. The topological polar surface area (TPSA) is 49.4 Å². The average Bonchev–Trinajstić information content (AvgIpc) is 2.85. The number of nitrogens with zero attached hydrogens (tertiary/aromatic N) is 1. The molecule has 112 valence electrons. The summed E-state index contributed by atoms with van der Waals surface area (Å²) in [5.41, 5.74) is 2.67. The minimum absolute atomic E-state index is 0.114. The van der Waals surface area contributed by atoms with E-state index in [9.17, 15) is 8.42 Å². The lowest BCUT2D eigenvalue weighted by atomic mass is 10.2. The van der Waals surface area contributed by atoms with Gasteiger partial charge in [0.05, 0.1) is 5.75 Å². The van der Waals surface area contributed by atoms with Gasteiger partial charge in [-0.2, -0.15) is 0 Å². The van der Waals surface area contributed by atoms with Gasteiger partial charge in [0.2, 0.25) is 10.0 Å². The van der Waals surface area contributed by atoms with Crippen LogP contribution in [0.5, 0.6) is 0 Å². The number of anilines is 1. The van der Waals surface area contributed by atoms with E-state index in [1.807, 2.05) is 6.07 Å². The molecule has 1 aliphatic rings. The first kappa shape index (κ1) is 15.6. The Morgan fingerprint density at radius 1 is 1.25 bits per heavy atom. The molecule has 20 heavy (non-hydrogen) atoms. The lowest BCUT2D eigenvalue weighted by Gasteiger charge is -2.19. The van der Waals surface area contributed by atoms with Crippen molar-refractivity contribution >= 4 is 27.3 Å². The third kappa shape index (κ3) is 4.36. The van der Waals surface area contributed by atoms with Crippen molar-refractivity contribution in [3.8, 4) is 0 Å². The Labute approximate surface area is 126 Å². The van der Waals surface area contributed by atoms with Gasteiger partial charge >= 0.3 is 0 Å². The molecule has 0 spiro atoms. The zero-order valence-electron chi connectivity index (χ0n) is 11.5. The van der Waals surface area contributed by atoms with Crippen molar-refractivity contribution < 1.29 is 8.42 Å². The van der Waals surface area contributed by atoms with Gasteiger partial charge in [0.15, 0.2) is 0 Å². The van der Waals surface area contributed by atoms with Crippen LogP contribution in [0.4, 0.5) is 5.69 Å². The van der Waals surface area contributed by atoms with Crippen LogP contribution in [0, 0.1) is 0 Å². The predicted molar refractivity (Wildman–Crippen MR) is 84.1 cm³/mol. The molecule has 2 rings (SSSR count). The molecule has 0 unspecified atom stereocenters. The molecule has 0 bridgehead atoms. The second-order valence-electron chi connectivity index (χ2n) is 4.98. The summed E-state index contributed by atoms with van der Waals surface area (Å²) in [6.45, 7) is 2.40. The second kappa shape index (κ2) is 7.29. The lowest BCUT2D eigenvalue weighted by Crippen LogP contribution is -2.30. The van der Waals surface area contributed by atoms with Crippen LogP contribution < -0.4 is 9.62 Å². The largest absolute Gasteiger partial charge is 0.371 e. The third-order valence-corrected chi connectivity index (χ3v) is 5.19. The Hall–Kier alpha value is -0.780. The monoisotopic (exact) mass is 316 g/mol. The smallest absolute Gasteiger partial charge is 0.211 e. The summed E-state index contributed by atoms with van der Waals surface area (Å²) in [7, 11) is -3.15. The summed E-state index contributed by atoms with van der Waals surface area (Å²) in [5.74, 6) is 0.495. The molecule has 1 aromatic carbocycles. The first-order valence-corrected chi connectivity index (χ1v) is 9.17. The SMILES string of the molecule is O=S(=O)(CCCCl)NCCCN1CCc2ccccc21. The molecule has 0 amide bonds. The van der Waals surface area contributed by atoms with Gasteiger partial charge in [-0.3, -0.25) is 0 Å². The van der Waals surface area contributed by atoms with Gasteiger partial charge in [-0.05, 0) is 30.9 Å². The quantitative estimate of drug-likeness (QED) is 0.589. The molecule has 0 saturated carbocycles. The predicted octanol–water partition coefficient (Wildman–Crippen LogP) is 1.99. The number of alkyl halides is 1. The number of hydrogen-bond donors (Lipinski definition) is 1. The normalized spacial score (nSPS) is 14.6. The van der Waals surface area contributed by atoms with Crippen molar-refractivity contribution in [2.24, 2.45) is 0 Å². The van der Waals surface area contributed by atoms with E-state index in [4.69, 9.17) is 11.6 Å². The molecule has 6 heteroatoms. The molecule has 0 saturated heterocycles. The number of benzene rings is 1. The maximum Gasteiger partial charge on any atom is 0.211 e. The van der Waals surface area contributed by atoms with Gasteiger partial charge in [-0.1, -0.05) is 18.2 Å². The fourth-order valence-corrected chi connectivity index (χ4v) is 3.87. The van der Waals surface area contributed by atoms with E-state index >= 15 is 0 Å². The van der Waals surface area contributed by atoms with Crippen molar-refractivity contribution in [3.05, 3.63) is 29.8 Å². The zero-order valence-corrected chi connectivity index (χ0v) is 13.1. The molecule has 1 aliphatic heterocycles. The Bertz CT molecular complexity index is 534. The van der Waals surface area contributed by atoms with Gasteiger partial charge in [0.25, 0.3) is 0 Å². The van der Waals surface area contributed by atoms with E-state index in [2.05, 4.69) is 27.8 Å². The Kier molecular flexibility index (Phi) is 5.69. The molecule has 0 fully saturated rings. The Morgan fingerprint density at radius 2 is 2.05 bits per heavy atom. The highest BCUT2D eigenvalue weighted by molar-refractivity contribution is 7.89. The Morgan fingerprint density at radius 3 is 2.85 bits per heavy atom. The van der Waals surface area contributed by atoms with Crippen LogP contribution >= 0.6 is 11.6 Å². The van der Waals surface area contributed by atoms with Crippen LogP contribution in [0.25, 0.3) is 0 Å². The first-order valence-electron chi connectivity index (χ1n) is 6.98. The Balaban J connectivity index is 1.72. The van der Waals surface area contributed by atoms with E-state index in [1.54, 1.807) is 0 Å². The summed E-state index contributed by atoms with van der Waals surface area (Å²) >= 11 is 5.50. The first-order chi connectivity index (χ1) is 9.62. The minimum Gasteiger partial charge on any atom is -0.371 e. The molecule has 0 aromatic heterocycles. The van der Waals surface area contributed by atoms with Crippen LogP contribution in [0.2, 0.25) is 0 Å². The fourth-order valence-electron chi connectivity index (χ4n) is 2.45. The van der Waals surface area contributed by atoms with Crippen LogP contribution in [-0.2, 0) is 16.4 Å². The maximum atomic E-state index is 11.6. The van der Waals surface area contributed by atoms with Crippen molar-refractivity contribution in [2.45, 2.75) is 19.3 Å². The maximum absolute atomic E-state index is 11.6. The van der Waals surface area contributed by atoms with Crippen LogP contribution in [0.1, 0.15) is 18.4 Å². The van der Waals surface area contributed by atoms with E-state index in [-0.39, 0.29) is 5.75 Å². The molecule has 4 nitrogen and oxygen atoms in total. The zero-order chi connectivity index (χ0) is 14.4. The van der Waals surface area contributed by atoms with Crippen LogP contribution in [0.3, 0.4) is 0 Å². The molecule has 1 heterocycles. The number of sulfonamides is 1. The molecule has 0 aliphatic carbocycles. The van der Waals surface area contributed by atoms with Gasteiger partial charge < -0.3 is 4.90 Å². The highest BCUT2D eigenvalue weighted by atomic mass is 35.5. The summed E-state index contributed by atoms with van der Waals surface area (Å²) in [6.07, 6.45) is 2.39. The van der Waals surface area contributed by atoms with E-state index in [0.717, 1.165) is 25.9 Å². The summed E-state index contributed by atoms with van der Waals surface area (Å²) in [5, 5.41) is 0. The third-order valence-electron chi connectivity index (χ3n) is 3.46. The molecule has 0 radical (unpaired) electrons. The van der Waals surface area contributed by atoms with Gasteiger partial charge in [0.1, 0.15) is 0 Å². The van der Waals surface area contributed by atoms with Crippen LogP contribution in [0.15, 0.2) is 24.3 Å². The molecular weight excluding hydrogens is 296 g/mol. The van der Waals surface area contributed by atoms with E-state index in [1.165, 1.54) is 11.3 Å². The minimum atomic E-state index is -3.15. The van der Waals surface area contributed by atoms with Crippen molar-refractivity contribution in [1.29, 1.82) is 0 Å². The number of fused-ring (bicyclic) bond motifs is 1. The fraction of sp³-hybridized carbons (Fsp3) is 0.571. The van der Waals surface area contributed by atoms with E-state index in [0.29, 0.717) is 18.8 Å². The van der Waals surface area contributed by atoms with Gasteiger partial charge in [0, 0.05) is 31.2 Å². The number of hydrogen-bond acceptors (Lipinski definition) is 3. The summed E-state index contributed by atoms with van der Waals surface area (Å²) < 4.78 is 25.8. The van der Waals surface area contributed by atoms with Crippen LogP contribution in [-0.4, -0.2) is 39.7 Å². The highest BCUT2D eigenvalue weighted by Gasteiger charge is 2.17. The van der Waals surface area contributed by atoms with E-state index < -0.39 is 10.0 Å². The highest BCUT2D eigenvalue weighted by Crippen LogP contribution is 2.27. The van der Waals surface area contributed by atoms with Crippen molar-refractivity contribution in [2.75, 3.05) is 36.2 Å².